The average Bonchev–Trinajstić information content (AvgIpc) is 2.08. The van der Waals surface area contributed by atoms with Crippen molar-refractivity contribution in [2.75, 3.05) is 26.7 Å². The van der Waals surface area contributed by atoms with E-state index in [1.807, 2.05) is 13.8 Å². The van der Waals surface area contributed by atoms with Gasteiger partial charge in [-0.1, -0.05) is 20.8 Å². The fraction of sp³-hybridized carbons (Fsp3) is 1.00. The molecule has 0 aliphatic carbocycles. The van der Waals surface area contributed by atoms with Crippen molar-refractivity contribution >= 4 is 0 Å². The maximum absolute atomic E-state index is 2.32. The summed E-state index contributed by atoms with van der Waals surface area (Å²) in [6.07, 6.45) is 1.30. The smallest absolute Gasteiger partial charge is 0.0781 e. The lowest BCUT2D eigenvalue weighted by Crippen LogP contribution is -2.43. The average molecular weight is 160 g/mol. The van der Waals surface area contributed by atoms with E-state index >= 15 is 0 Å². The van der Waals surface area contributed by atoms with Crippen LogP contribution in [-0.4, -0.2) is 31.2 Å². The summed E-state index contributed by atoms with van der Waals surface area (Å²) >= 11 is 0. The van der Waals surface area contributed by atoms with Crippen LogP contribution in [0.1, 0.15) is 41.0 Å². The minimum absolute atomic E-state index is 1.23. The summed E-state index contributed by atoms with van der Waals surface area (Å²) in [7, 11) is 2.32. The van der Waals surface area contributed by atoms with Crippen LogP contribution in [0.5, 0.6) is 0 Å². The van der Waals surface area contributed by atoms with Gasteiger partial charge in [-0.15, -0.1) is 0 Å². The lowest BCUT2D eigenvalue weighted by Gasteiger charge is -2.31. The molecule has 0 aromatic rings. The molecule has 0 radical (unpaired) electrons. The molecular formula is C10H26N+. The minimum atomic E-state index is 1.23. The third kappa shape index (κ3) is 6.36. The lowest BCUT2D eigenvalue weighted by molar-refractivity contribution is -0.906. The Balaban J connectivity index is 0. The fourth-order valence-electron chi connectivity index (χ4n) is 1.08. The maximum atomic E-state index is 2.32. The Hall–Kier alpha value is -0.0400. The maximum Gasteiger partial charge on any atom is 0.0781 e. The summed E-state index contributed by atoms with van der Waals surface area (Å²) in [6.45, 7) is 14.6. The molecule has 1 heteroatoms. The Labute approximate surface area is 73.0 Å². The van der Waals surface area contributed by atoms with Crippen LogP contribution in [0.3, 0.4) is 0 Å². The van der Waals surface area contributed by atoms with E-state index in [1.54, 1.807) is 0 Å². The van der Waals surface area contributed by atoms with Crippen molar-refractivity contribution in [3.63, 3.8) is 0 Å². The van der Waals surface area contributed by atoms with Crippen LogP contribution in [0.25, 0.3) is 0 Å². The van der Waals surface area contributed by atoms with Crippen molar-refractivity contribution in [2.24, 2.45) is 0 Å². The van der Waals surface area contributed by atoms with E-state index in [1.165, 1.54) is 30.5 Å². The summed E-state index contributed by atoms with van der Waals surface area (Å²) < 4.78 is 1.23. The molecule has 0 aliphatic rings. The van der Waals surface area contributed by atoms with Gasteiger partial charge in [0.1, 0.15) is 0 Å². The number of rotatable bonds is 4. The quantitative estimate of drug-likeness (QED) is 0.555. The minimum Gasteiger partial charge on any atom is -0.327 e. The van der Waals surface area contributed by atoms with E-state index in [4.69, 9.17) is 0 Å². The number of hydrogen-bond acceptors (Lipinski definition) is 0. The van der Waals surface area contributed by atoms with Crippen LogP contribution in [0, 0.1) is 0 Å². The van der Waals surface area contributed by atoms with Gasteiger partial charge in [0.05, 0.1) is 26.7 Å². The second-order valence-corrected chi connectivity index (χ2v) is 2.98. The van der Waals surface area contributed by atoms with Gasteiger partial charge in [0.15, 0.2) is 0 Å². The highest BCUT2D eigenvalue weighted by Gasteiger charge is 2.13. The molecule has 0 rings (SSSR count). The molecule has 0 saturated carbocycles. The van der Waals surface area contributed by atoms with Gasteiger partial charge in [-0.3, -0.25) is 0 Å². The molecule has 0 fully saturated rings. The summed E-state index contributed by atoms with van der Waals surface area (Å²) in [5.74, 6) is 0. The molecule has 0 unspecified atom stereocenters. The van der Waals surface area contributed by atoms with Crippen molar-refractivity contribution in [3.8, 4) is 0 Å². The zero-order chi connectivity index (χ0) is 9.33. The standard InChI is InChI=1S/C8H20N.C2H6/c1-5-8-9(4,6-2)7-3;1-2/h5-8H2,1-4H3;1-2H3/q+1;. The van der Waals surface area contributed by atoms with E-state index in [-0.39, 0.29) is 0 Å². The molecule has 0 saturated heterocycles. The molecule has 0 N–H and O–H groups in total. The molecule has 70 valence electrons. The monoisotopic (exact) mass is 160 g/mol. The van der Waals surface area contributed by atoms with Gasteiger partial charge >= 0.3 is 0 Å². The molecule has 0 aliphatic heterocycles. The fourth-order valence-corrected chi connectivity index (χ4v) is 1.08. The van der Waals surface area contributed by atoms with Crippen molar-refractivity contribution in [1.29, 1.82) is 0 Å². The second kappa shape index (κ2) is 8.06. The number of hydrogen-bond donors (Lipinski definition) is 0. The predicted molar refractivity (Wildman–Crippen MR) is 53.8 cm³/mol. The first kappa shape index (κ1) is 13.5. The van der Waals surface area contributed by atoms with Gasteiger partial charge in [-0.25, -0.2) is 0 Å². The van der Waals surface area contributed by atoms with Gasteiger partial charge in [-0.2, -0.15) is 0 Å². The summed E-state index contributed by atoms with van der Waals surface area (Å²) in [6, 6.07) is 0. The second-order valence-electron chi connectivity index (χ2n) is 2.98. The Morgan fingerprint density at radius 1 is 0.909 bits per heavy atom. The molecular weight excluding hydrogens is 134 g/mol. The molecule has 11 heavy (non-hydrogen) atoms. The van der Waals surface area contributed by atoms with Gasteiger partial charge in [-0.05, 0) is 20.3 Å². The third-order valence-electron chi connectivity index (χ3n) is 2.29. The molecule has 0 atom stereocenters. The molecule has 0 amide bonds. The third-order valence-corrected chi connectivity index (χ3v) is 2.29. The highest BCUT2D eigenvalue weighted by atomic mass is 15.3. The van der Waals surface area contributed by atoms with E-state index in [0.29, 0.717) is 0 Å². The molecule has 1 nitrogen and oxygen atoms in total. The first-order valence-corrected chi connectivity index (χ1v) is 5.02. The van der Waals surface area contributed by atoms with Crippen LogP contribution < -0.4 is 0 Å². The SMILES string of the molecule is CC.CCC[N+](C)(CC)CC. The highest BCUT2D eigenvalue weighted by Crippen LogP contribution is 2.01. The first-order valence-electron chi connectivity index (χ1n) is 5.02. The van der Waals surface area contributed by atoms with Crippen molar-refractivity contribution in [2.45, 2.75) is 41.0 Å². The Bertz CT molecular complexity index is 65.3. The van der Waals surface area contributed by atoms with E-state index in [9.17, 15) is 0 Å². The number of nitrogens with zero attached hydrogens (tertiary/aromatic N) is 1. The van der Waals surface area contributed by atoms with E-state index in [0.717, 1.165) is 0 Å². The van der Waals surface area contributed by atoms with Crippen molar-refractivity contribution in [1.82, 2.24) is 0 Å². The highest BCUT2D eigenvalue weighted by molar-refractivity contribution is 4.30. The summed E-state index contributed by atoms with van der Waals surface area (Å²) in [5, 5.41) is 0. The van der Waals surface area contributed by atoms with Crippen LogP contribution in [-0.2, 0) is 0 Å². The van der Waals surface area contributed by atoms with Gasteiger partial charge < -0.3 is 4.48 Å². The molecule has 0 heterocycles. The topological polar surface area (TPSA) is 0 Å². The molecule has 0 bridgehead atoms. The van der Waals surface area contributed by atoms with Gasteiger partial charge in [0, 0.05) is 0 Å². The summed E-state index contributed by atoms with van der Waals surface area (Å²) in [5.41, 5.74) is 0. The lowest BCUT2D eigenvalue weighted by atomic mass is 10.3. The molecule has 0 aromatic heterocycles. The molecule has 0 spiro atoms. The summed E-state index contributed by atoms with van der Waals surface area (Å²) in [4.78, 5) is 0. The Morgan fingerprint density at radius 3 is 1.36 bits per heavy atom. The predicted octanol–water partition coefficient (Wildman–Crippen LogP) is 2.91. The van der Waals surface area contributed by atoms with Crippen LogP contribution >= 0.6 is 0 Å². The van der Waals surface area contributed by atoms with Crippen molar-refractivity contribution < 1.29 is 4.48 Å². The van der Waals surface area contributed by atoms with Crippen LogP contribution in [0.2, 0.25) is 0 Å². The largest absolute Gasteiger partial charge is 0.327 e. The normalized spacial score (nSPS) is 10.4. The zero-order valence-electron chi connectivity index (χ0n) is 9.28. The Morgan fingerprint density at radius 2 is 1.27 bits per heavy atom. The van der Waals surface area contributed by atoms with Crippen LogP contribution in [0.4, 0.5) is 0 Å². The Kier molecular flexibility index (Phi) is 9.92. The van der Waals surface area contributed by atoms with Crippen LogP contribution in [0.15, 0.2) is 0 Å². The zero-order valence-corrected chi connectivity index (χ0v) is 9.28. The van der Waals surface area contributed by atoms with Gasteiger partial charge in [0.25, 0.3) is 0 Å². The first-order chi connectivity index (χ1) is 5.18. The van der Waals surface area contributed by atoms with Crippen molar-refractivity contribution in [3.05, 3.63) is 0 Å². The van der Waals surface area contributed by atoms with E-state index < -0.39 is 0 Å². The number of quaternary nitrogens is 1. The van der Waals surface area contributed by atoms with Gasteiger partial charge in [0.2, 0.25) is 0 Å². The molecule has 0 aromatic carbocycles. The van der Waals surface area contributed by atoms with E-state index in [2.05, 4.69) is 27.8 Å².